The van der Waals surface area contributed by atoms with Gasteiger partial charge in [-0.05, 0) is 56.3 Å². The molecule has 2 aromatic heterocycles. The molecule has 0 saturated carbocycles. The number of rotatable bonds is 10. The Morgan fingerprint density at radius 2 is 1.87 bits per heavy atom. The van der Waals surface area contributed by atoms with Gasteiger partial charge in [-0.1, -0.05) is 30.7 Å². The maximum Gasteiger partial charge on any atom is 0.342 e. The second kappa shape index (κ2) is 13.1. The summed E-state index contributed by atoms with van der Waals surface area (Å²) in [6.07, 6.45) is 3.46. The zero-order valence-corrected chi connectivity index (χ0v) is 23.0. The van der Waals surface area contributed by atoms with E-state index in [0.29, 0.717) is 35.1 Å². The minimum atomic E-state index is -0.338. The van der Waals surface area contributed by atoms with Gasteiger partial charge in [-0.2, -0.15) is 0 Å². The summed E-state index contributed by atoms with van der Waals surface area (Å²) in [6.45, 7) is 11.6. The Balaban J connectivity index is 1.31. The zero-order valence-electron chi connectivity index (χ0n) is 22.2. The highest BCUT2D eigenvalue weighted by atomic mass is 35.5. The molecular formula is C29H35ClFN5O2. The summed E-state index contributed by atoms with van der Waals surface area (Å²) in [4.78, 5) is 28.3. The average molecular weight is 540 g/mol. The number of nitrogens with zero attached hydrogens (tertiary/aromatic N) is 5. The third kappa shape index (κ3) is 7.28. The molecular weight excluding hydrogens is 505 g/mol. The van der Waals surface area contributed by atoms with Crippen molar-refractivity contribution in [2.45, 2.75) is 46.5 Å². The predicted octanol–water partition coefficient (Wildman–Crippen LogP) is 5.18. The molecule has 7 nitrogen and oxygen atoms in total. The molecule has 0 unspecified atom stereocenters. The predicted molar refractivity (Wildman–Crippen MR) is 148 cm³/mol. The van der Waals surface area contributed by atoms with E-state index in [2.05, 4.69) is 30.7 Å². The van der Waals surface area contributed by atoms with Gasteiger partial charge in [0.15, 0.2) is 0 Å². The molecule has 202 valence electrons. The van der Waals surface area contributed by atoms with E-state index in [1.54, 1.807) is 30.5 Å². The summed E-state index contributed by atoms with van der Waals surface area (Å²) in [7, 11) is 0. The molecule has 0 bridgehead atoms. The first-order valence-electron chi connectivity index (χ1n) is 13.1. The van der Waals surface area contributed by atoms with Crippen LogP contribution in [0.2, 0.25) is 5.02 Å². The van der Waals surface area contributed by atoms with Gasteiger partial charge in [0.25, 0.3) is 0 Å². The summed E-state index contributed by atoms with van der Waals surface area (Å²) >= 11 is 6.22. The van der Waals surface area contributed by atoms with Crippen molar-refractivity contribution in [2.24, 2.45) is 0 Å². The van der Waals surface area contributed by atoms with Crippen LogP contribution in [0.1, 0.15) is 48.0 Å². The van der Waals surface area contributed by atoms with Gasteiger partial charge in [-0.15, -0.1) is 0 Å². The van der Waals surface area contributed by atoms with E-state index in [1.807, 2.05) is 33.0 Å². The molecule has 38 heavy (non-hydrogen) atoms. The Morgan fingerprint density at radius 1 is 1.08 bits per heavy atom. The molecule has 0 spiro atoms. The van der Waals surface area contributed by atoms with Crippen molar-refractivity contribution >= 4 is 23.4 Å². The van der Waals surface area contributed by atoms with Crippen molar-refractivity contribution in [3.63, 3.8) is 0 Å². The molecule has 1 aromatic carbocycles. The number of piperazine rings is 1. The summed E-state index contributed by atoms with van der Waals surface area (Å²) in [6, 6.07) is 12.5. The van der Waals surface area contributed by atoms with Crippen LogP contribution in [0, 0.1) is 5.82 Å². The van der Waals surface area contributed by atoms with Gasteiger partial charge >= 0.3 is 5.97 Å². The Morgan fingerprint density at radius 3 is 2.53 bits per heavy atom. The highest BCUT2D eigenvalue weighted by Gasteiger charge is 2.24. The number of hydrogen-bond acceptors (Lipinski definition) is 7. The third-order valence-electron chi connectivity index (χ3n) is 6.59. The quantitative estimate of drug-likeness (QED) is 0.329. The molecule has 1 saturated heterocycles. The SMILES string of the molecule is CCN(Cc1ccc(CN2CCN(c3ncccc3C(=O)OC(C)C)CC2)cn1)Cc1c(F)cccc1Cl. The molecule has 0 radical (unpaired) electrons. The number of carbonyl (C=O) groups is 1. The van der Waals surface area contributed by atoms with Crippen molar-refractivity contribution in [3.05, 3.63) is 88.1 Å². The van der Waals surface area contributed by atoms with E-state index in [1.165, 1.54) is 6.07 Å². The molecule has 1 aliphatic rings. The van der Waals surface area contributed by atoms with Gasteiger partial charge in [0.1, 0.15) is 17.2 Å². The fourth-order valence-electron chi connectivity index (χ4n) is 4.52. The molecule has 9 heteroatoms. The van der Waals surface area contributed by atoms with Gasteiger partial charge in [0, 0.05) is 68.8 Å². The van der Waals surface area contributed by atoms with Crippen LogP contribution in [0.3, 0.4) is 0 Å². The number of pyridine rings is 2. The molecule has 1 fully saturated rings. The second-order valence-electron chi connectivity index (χ2n) is 9.75. The summed E-state index contributed by atoms with van der Waals surface area (Å²) in [5.41, 5.74) is 3.10. The molecule has 1 aliphatic heterocycles. The number of aromatic nitrogens is 2. The molecule has 3 aromatic rings. The first-order chi connectivity index (χ1) is 18.3. The topological polar surface area (TPSA) is 61.8 Å². The van der Waals surface area contributed by atoms with Crippen LogP contribution in [-0.4, -0.2) is 64.6 Å². The van der Waals surface area contributed by atoms with Crippen molar-refractivity contribution in [3.8, 4) is 0 Å². The van der Waals surface area contributed by atoms with Crippen molar-refractivity contribution in [2.75, 3.05) is 37.6 Å². The monoisotopic (exact) mass is 539 g/mol. The van der Waals surface area contributed by atoms with Crippen LogP contribution in [-0.2, 0) is 24.4 Å². The van der Waals surface area contributed by atoms with E-state index >= 15 is 0 Å². The summed E-state index contributed by atoms with van der Waals surface area (Å²) in [5, 5.41) is 0.446. The molecule has 3 heterocycles. The number of carbonyl (C=O) groups excluding carboxylic acids is 1. The Bertz CT molecular complexity index is 1200. The standard InChI is InChI=1S/C29H35ClFN5O2/c1-4-34(20-25-26(30)8-5-9-27(25)31)19-23-11-10-22(17-33-23)18-35-13-15-36(16-14-35)28-24(7-6-12-32-28)29(37)38-21(2)3/h5-12,17,21H,4,13-16,18-20H2,1-3H3. The minimum absolute atomic E-state index is 0.178. The van der Waals surface area contributed by atoms with Gasteiger partial charge in [0.2, 0.25) is 0 Å². The number of esters is 1. The zero-order chi connectivity index (χ0) is 27.1. The van der Waals surface area contributed by atoms with Crippen molar-refractivity contribution in [1.29, 1.82) is 0 Å². The van der Waals surface area contributed by atoms with E-state index in [0.717, 1.165) is 50.5 Å². The maximum atomic E-state index is 14.2. The lowest BCUT2D eigenvalue weighted by atomic mass is 10.1. The number of ether oxygens (including phenoxy) is 1. The molecule has 4 rings (SSSR count). The van der Waals surface area contributed by atoms with E-state index in [4.69, 9.17) is 16.3 Å². The number of hydrogen-bond donors (Lipinski definition) is 0. The summed E-state index contributed by atoms with van der Waals surface area (Å²) in [5.74, 6) is 0.0606. The lowest BCUT2D eigenvalue weighted by Gasteiger charge is -2.36. The van der Waals surface area contributed by atoms with E-state index < -0.39 is 0 Å². The number of halogens is 2. The van der Waals surface area contributed by atoms with E-state index in [9.17, 15) is 9.18 Å². The lowest BCUT2D eigenvalue weighted by molar-refractivity contribution is 0.0378. The van der Waals surface area contributed by atoms with Crippen molar-refractivity contribution < 1.29 is 13.9 Å². The van der Waals surface area contributed by atoms with E-state index in [-0.39, 0.29) is 17.9 Å². The number of benzene rings is 1. The van der Waals surface area contributed by atoms with Crippen LogP contribution >= 0.6 is 11.6 Å². The fourth-order valence-corrected chi connectivity index (χ4v) is 4.74. The first kappa shape index (κ1) is 28.0. The molecule has 0 amide bonds. The van der Waals surface area contributed by atoms with Crippen molar-refractivity contribution in [1.82, 2.24) is 19.8 Å². The van der Waals surface area contributed by atoms with Crippen LogP contribution in [0.15, 0.2) is 54.9 Å². The Labute approximate surface area is 229 Å². The smallest absolute Gasteiger partial charge is 0.342 e. The van der Waals surface area contributed by atoms with Gasteiger partial charge in [-0.3, -0.25) is 14.8 Å². The van der Waals surface area contributed by atoms with Gasteiger partial charge in [-0.25, -0.2) is 14.2 Å². The Kier molecular flexibility index (Phi) is 9.66. The largest absolute Gasteiger partial charge is 0.459 e. The fraction of sp³-hybridized carbons (Fsp3) is 0.414. The first-order valence-corrected chi connectivity index (χ1v) is 13.4. The highest BCUT2D eigenvalue weighted by molar-refractivity contribution is 6.31. The third-order valence-corrected chi connectivity index (χ3v) is 6.94. The van der Waals surface area contributed by atoms with Gasteiger partial charge in [0.05, 0.1) is 11.8 Å². The maximum absolute atomic E-state index is 14.2. The molecule has 0 N–H and O–H groups in total. The minimum Gasteiger partial charge on any atom is -0.459 e. The number of anilines is 1. The molecule has 0 atom stereocenters. The van der Waals surface area contributed by atoms with Gasteiger partial charge < -0.3 is 9.64 Å². The second-order valence-corrected chi connectivity index (χ2v) is 10.2. The molecule has 0 aliphatic carbocycles. The summed E-state index contributed by atoms with van der Waals surface area (Å²) < 4.78 is 19.6. The normalized spacial score (nSPS) is 14.3. The highest BCUT2D eigenvalue weighted by Crippen LogP contribution is 2.23. The van der Waals surface area contributed by atoms with Crippen LogP contribution in [0.25, 0.3) is 0 Å². The average Bonchev–Trinajstić information content (AvgIpc) is 2.91. The Hall–Kier alpha value is -3.07. The van der Waals surface area contributed by atoms with Crippen LogP contribution in [0.4, 0.5) is 10.2 Å². The van der Waals surface area contributed by atoms with Crippen LogP contribution in [0.5, 0.6) is 0 Å². The van der Waals surface area contributed by atoms with Crippen LogP contribution < -0.4 is 4.90 Å². The lowest BCUT2D eigenvalue weighted by Crippen LogP contribution is -2.46.